The van der Waals surface area contributed by atoms with Crippen LogP contribution in [0.4, 0.5) is 0 Å². The zero-order valence-corrected chi connectivity index (χ0v) is 15.5. The number of fused-ring (bicyclic) bond motifs is 1. The molecule has 26 heavy (non-hydrogen) atoms. The van der Waals surface area contributed by atoms with Crippen molar-refractivity contribution >= 4 is 5.97 Å². The van der Waals surface area contributed by atoms with Crippen molar-refractivity contribution in [2.24, 2.45) is 0 Å². The highest BCUT2D eigenvalue weighted by Gasteiger charge is 2.35. The first-order chi connectivity index (χ1) is 12.7. The smallest absolute Gasteiger partial charge is 0.328 e. The van der Waals surface area contributed by atoms with Crippen molar-refractivity contribution < 1.29 is 19.0 Å². The summed E-state index contributed by atoms with van der Waals surface area (Å²) in [4.78, 5) is 14.9. The molecule has 1 aliphatic rings. The summed E-state index contributed by atoms with van der Waals surface area (Å²) in [6.07, 6.45) is 0.846. The lowest BCUT2D eigenvalue weighted by molar-refractivity contribution is -0.150. The van der Waals surface area contributed by atoms with Crippen LogP contribution in [-0.4, -0.2) is 38.2 Å². The van der Waals surface area contributed by atoms with Crippen molar-refractivity contribution in [3.63, 3.8) is 0 Å². The van der Waals surface area contributed by atoms with Crippen LogP contribution in [0.15, 0.2) is 42.5 Å². The Labute approximate surface area is 154 Å². The minimum absolute atomic E-state index is 0.225. The van der Waals surface area contributed by atoms with Crippen LogP contribution in [0.1, 0.15) is 29.7 Å². The van der Waals surface area contributed by atoms with E-state index in [-0.39, 0.29) is 5.97 Å². The molecule has 0 spiro atoms. The molecule has 0 radical (unpaired) electrons. The van der Waals surface area contributed by atoms with Gasteiger partial charge in [-0.2, -0.15) is 0 Å². The van der Waals surface area contributed by atoms with E-state index in [0.717, 1.165) is 24.1 Å². The van der Waals surface area contributed by atoms with Crippen LogP contribution in [0.2, 0.25) is 0 Å². The van der Waals surface area contributed by atoms with Gasteiger partial charge < -0.3 is 14.2 Å². The molecule has 1 atom stereocenters. The maximum atomic E-state index is 12.8. The average molecular weight is 355 g/mol. The largest absolute Gasteiger partial charge is 0.493 e. The number of nitrogens with zero attached hydrogens (tertiary/aromatic N) is 1. The fourth-order valence-electron chi connectivity index (χ4n) is 3.48. The zero-order chi connectivity index (χ0) is 18.5. The van der Waals surface area contributed by atoms with Gasteiger partial charge in [-0.1, -0.05) is 30.3 Å². The third-order valence-electron chi connectivity index (χ3n) is 4.71. The van der Waals surface area contributed by atoms with Crippen molar-refractivity contribution in [1.29, 1.82) is 0 Å². The molecule has 0 saturated carbocycles. The molecule has 0 bridgehead atoms. The first-order valence-electron chi connectivity index (χ1n) is 8.87. The van der Waals surface area contributed by atoms with E-state index < -0.39 is 6.04 Å². The van der Waals surface area contributed by atoms with E-state index in [2.05, 4.69) is 17.0 Å². The summed E-state index contributed by atoms with van der Waals surface area (Å²) >= 11 is 0. The molecule has 138 valence electrons. The Morgan fingerprint density at radius 1 is 1.12 bits per heavy atom. The molecular formula is C21H25NO4. The number of carbonyl (C=O) groups is 1. The van der Waals surface area contributed by atoms with E-state index in [0.29, 0.717) is 24.7 Å². The van der Waals surface area contributed by atoms with Crippen LogP contribution in [0.3, 0.4) is 0 Å². The number of methoxy groups -OCH3 is 2. The first kappa shape index (κ1) is 18.3. The number of hydrogen-bond acceptors (Lipinski definition) is 5. The van der Waals surface area contributed by atoms with E-state index in [1.165, 1.54) is 5.56 Å². The Hall–Kier alpha value is -2.53. The van der Waals surface area contributed by atoms with Crippen molar-refractivity contribution in [2.75, 3.05) is 27.4 Å². The van der Waals surface area contributed by atoms with Crippen molar-refractivity contribution in [2.45, 2.75) is 25.9 Å². The second-order valence-electron chi connectivity index (χ2n) is 6.27. The van der Waals surface area contributed by atoms with Gasteiger partial charge in [-0.3, -0.25) is 4.90 Å². The lowest BCUT2D eigenvalue weighted by Crippen LogP contribution is -2.40. The molecule has 0 fully saturated rings. The van der Waals surface area contributed by atoms with Crippen LogP contribution >= 0.6 is 0 Å². The molecule has 1 aliphatic heterocycles. The molecule has 0 saturated heterocycles. The molecule has 5 nitrogen and oxygen atoms in total. The maximum Gasteiger partial charge on any atom is 0.328 e. The molecule has 0 aliphatic carbocycles. The minimum Gasteiger partial charge on any atom is -0.493 e. The van der Waals surface area contributed by atoms with Crippen molar-refractivity contribution in [1.82, 2.24) is 4.90 Å². The van der Waals surface area contributed by atoms with E-state index in [9.17, 15) is 4.79 Å². The van der Waals surface area contributed by atoms with Crippen LogP contribution in [0.25, 0.3) is 0 Å². The summed E-state index contributed by atoms with van der Waals surface area (Å²) < 4.78 is 16.2. The number of hydrogen-bond donors (Lipinski definition) is 0. The zero-order valence-electron chi connectivity index (χ0n) is 15.5. The fraction of sp³-hybridized carbons (Fsp3) is 0.381. The highest BCUT2D eigenvalue weighted by atomic mass is 16.5. The standard InChI is InChI=1S/C21H25NO4/c1-4-26-21(23)20-17-13-19(25-3)18(24-2)12-16(17)10-11-22(20)14-15-8-6-5-7-9-15/h5-9,12-13,20H,4,10-11,14H2,1-3H3. The van der Waals surface area contributed by atoms with Gasteiger partial charge in [0.25, 0.3) is 0 Å². The molecule has 3 rings (SSSR count). The Kier molecular flexibility index (Phi) is 5.78. The lowest BCUT2D eigenvalue weighted by Gasteiger charge is -2.36. The number of benzene rings is 2. The Bertz CT molecular complexity index is 760. The molecule has 2 aromatic rings. The molecule has 0 N–H and O–H groups in total. The Balaban J connectivity index is 1.99. The van der Waals surface area contributed by atoms with Gasteiger partial charge in [-0.25, -0.2) is 4.79 Å². The second kappa shape index (κ2) is 8.23. The summed E-state index contributed by atoms with van der Waals surface area (Å²) in [6.45, 7) is 3.66. The minimum atomic E-state index is -0.446. The SMILES string of the molecule is CCOC(=O)C1c2cc(OC)c(OC)cc2CCN1Cc1ccccc1. The van der Waals surface area contributed by atoms with Gasteiger partial charge in [0.15, 0.2) is 11.5 Å². The van der Waals surface area contributed by atoms with E-state index in [1.807, 2.05) is 37.3 Å². The quantitative estimate of drug-likeness (QED) is 0.744. The highest BCUT2D eigenvalue weighted by Crippen LogP contribution is 2.39. The summed E-state index contributed by atoms with van der Waals surface area (Å²) in [7, 11) is 3.23. The number of ether oxygens (including phenoxy) is 3. The molecule has 1 heterocycles. The molecule has 0 aromatic heterocycles. The monoisotopic (exact) mass is 355 g/mol. The maximum absolute atomic E-state index is 12.8. The van der Waals surface area contributed by atoms with E-state index >= 15 is 0 Å². The third kappa shape index (κ3) is 3.68. The second-order valence-corrected chi connectivity index (χ2v) is 6.27. The number of rotatable bonds is 6. The summed E-state index contributed by atoms with van der Waals surface area (Å²) in [5, 5.41) is 0. The summed E-state index contributed by atoms with van der Waals surface area (Å²) in [5.74, 6) is 1.09. The van der Waals surface area contributed by atoms with Crippen LogP contribution in [0, 0.1) is 0 Å². The molecule has 0 amide bonds. The Morgan fingerprint density at radius 3 is 2.46 bits per heavy atom. The number of carbonyl (C=O) groups excluding carboxylic acids is 1. The molecule has 1 unspecified atom stereocenters. The highest BCUT2D eigenvalue weighted by molar-refractivity contribution is 5.79. The van der Waals surface area contributed by atoms with Gasteiger partial charge in [-0.05, 0) is 42.2 Å². The van der Waals surface area contributed by atoms with Gasteiger partial charge in [-0.15, -0.1) is 0 Å². The van der Waals surface area contributed by atoms with Crippen molar-refractivity contribution in [3.05, 3.63) is 59.2 Å². The van der Waals surface area contributed by atoms with Gasteiger partial charge in [0.2, 0.25) is 0 Å². The summed E-state index contributed by atoms with van der Waals surface area (Å²) in [5.41, 5.74) is 3.21. The van der Waals surface area contributed by atoms with Crippen LogP contribution < -0.4 is 9.47 Å². The summed E-state index contributed by atoms with van der Waals surface area (Å²) in [6, 6.07) is 13.6. The van der Waals surface area contributed by atoms with Gasteiger partial charge in [0, 0.05) is 13.1 Å². The average Bonchev–Trinajstić information content (AvgIpc) is 2.67. The van der Waals surface area contributed by atoms with Crippen LogP contribution in [0.5, 0.6) is 11.5 Å². The van der Waals surface area contributed by atoms with Crippen LogP contribution in [-0.2, 0) is 22.5 Å². The van der Waals surface area contributed by atoms with E-state index in [4.69, 9.17) is 14.2 Å². The lowest BCUT2D eigenvalue weighted by atomic mass is 9.91. The van der Waals surface area contributed by atoms with Crippen molar-refractivity contribution in [3.8, 4) is 11.5 Å². The van der Waals surface area contributed by atoms with Gasteiger partial charge >= 0.3 is 5.97 Å². The molecular weight excluding hydrogens is 330 g/mol. The predicted octanol–water partition coefficient (Wildman–Crippen LogP) is 3.37. The normalized spacial score (nSPS) is 16.7. The first-order valence-corrected chi connectivity index (χ1v) is 8.87. The van der Waals surface area contributed by atoms with E-state index in [1.54, 1.807) is 14.2 Å². The predicted molar refractivity (Wildman–Crippen MR) is 99.5 cm³/mol. The van der Waals surface area contributed by atoms with Gasteiger partial charge in [0.1, 0.15) is 6.04 Å². The molecule has 2 aromatic carbocycles. The molecule has 5 heteroatoms. The fourth-order valence-corrected chi connectivity index (χ4v) is 3.48. The topological polar surface area (TPSA) is 48.0 Å². The Morgan fingerprint density at radius 2 is 1.81 bits per heavy atom. The van der Waals surface area contributed by atoms with Gasteiger partial charge in [0.05, 0.1) is 20.8 Å². The number of esters is 1. The third-order valence-corrected chi connectivity index (χ3v) is 4.71.